The van der Waals surface area contributed by atoms with E-state index in [2.05, 4.69) is 9.97 Å². The molecular formula is C17H19ClN4O2. The monoisotopic (exact) mass is 346 g/mol. The van der Waals surface area contributed by atoms with E-state index in [0.717, 1.165) is 24.1 Å². The molecule has 0 bridgehead atoms. The van der Waals surface area contributed by atoms with E-state index >= 15 is 0 Å². The molecule has 0 aliphatic rings. The number of halogens is 1. The first-order chi connectivity index (χ1) is 11.6. The smallest absolute Gasteiger partial charge is 0.331 e. The molecule has 0 radical (unpaired) electrons. The van der Waals surface area contributed by atoms with Crippen LogP contribution in [0, 0.1) is 0 Å². The molecular weight excluding hydrogens is 328 g/mol. The number of fused-ring (bicyclic) bond motifs is 1. The predicted octanol–water partition coefficient (Wildman–Crippen LogP) is 3.03. The van der Waals surface area contributed by atoms with Gasteiger partial charge >= 0.3 is 5.69 Å². The minimum Gasteiger partial charge on any atom is -0.349 e. The van der Waals surface area contributed by atoms with Crippen LogP contribution in [-0.2, 0) is 13.1 Å². The Bertz CT molecular complexity index is 983. The van der Waals surface area contributed by atoms with Crippen molar-refractivity contribution in [2.24, 2.45) is 0 Å². The summed E-state index contributed by atoms with van der Waals surface area (Å²) in [4.78, 5) is 32.5. The van der Waals surface area contributed by atoms with Crippen LogP contribution in [0.25, 0.3) is 22.3 Å². The van der Waals surface area contributed by atoms with Gasteiger partial charge in [0.1, 0.15) is 10.7 Å². The fraction of sp³-hybridized carbons (Fsp3) is 0.353. The van der Waals surface area contributed by atoms with Gasteiger partial charge in [0.25, 0.3) is 5.56 Å². The zero-order valence-corrected chi connectivity index (χ0v) is 14.4. The van der Waals surface area contributed by atoms with Crippen LogP contribution >= 0.6 is 11.6 Å². The summed E-state index contributed by atoms with van der Waals surface area (Å²) in [6.45, 7) is 4.92. The zero-order chi connectivity index (χ0) is 17.3. The lowest BCUT2D eigenvalue weighted by atomic mass is 10.2. The van der Waals surface area contributed by atoms with Crippen molar-refractivity contribution in [2.45, 2.75) is 39.8 Å². The van der Waals surface area contributed by atoms with Crippen LogP contribution in [0.4, 0.5) is 0 Å². The third-order valence-corrected chi connectivity index (χ3v) is 4.16. The molecule has 3 rings (SSSR count). The molecule has 0 atom stereocenters. The van der Waals surface area contributed by atoms with Gasteiger partial charge in [-0.25, -0.2) is 9.78 Å². The van der Waals surface area contributed by atoms with Crippen LogP contribution in [0.2, 0.25) is 5.15 Å². The van der Waals surface area contributed by atoms with E-state index in [1.165, 1.54) is 4.57 Å². The molecule has 24 heavy (non-hydrogen) atoms. The van der Waals surface area contributed by atoms with E-state index in [1.54, 1.807) is 16.8 Å². The van der Waals surface area contributed by atoms with Gasteiger partial charge in [0.05, 0.1) is 5.52 Å². The highest BCUT2D eigenvalue weighted by Crippen LogP contribution is 2.22. The number of rotatable bonds is 5. The summed E-state index contributed by atoms with van der Waals surface area (Å²) in [6.07, 6.45) is 3.17. The first-order valence-corrected chi connectivity index (χ1v) is 8.42. The number of nitrogens with one attached hydrogen (secondary N) is 1. The van der Waals surface area contributed by atoms with Gasteiger partial charge in [0, 0.05) is 30.5 Å². The van der Waals surface area contributed by atoms with Crippen LogP contribution in [0.5, 0.6) is 0 Å². The predicted molar refractivity (Wildman–Crippen MR) is 95.6 cm³/mol. The van der Waals surface area contributed by atoms with Crippen LogP contribution in [0.15, 0.2) is 34.0 Å². The highest BCUT2D eigenvalue weighted by atomic mass is 35.5. The lowest BCUT2D eigenvalue weighted by molar-refractivity contribution is 0.558. The van der Waals surface area contributed by atoms with Crippen molar-refractivity contribution in [1.82, 2.24) is 19.1 Å². The highest BCUT2D eigenvalue weighted by molar-refractivity contribution is 6.29. The van der Waals surface area contributed by atoms with E-state index in [1.807, 2.05) is 26.0 Å². The standard InChI is InChI=1S/C17H19ClN4O2/c1-3-7-21-13-9-12(11-5-6-14(18)19-10-11)20-15(13)16(23)22(8-4-2)17(21)24/h5-6,9-10,20H,3-4,7-8H2,1-2H3. The maximum Gasteiger partial charge on any atom is 0.331 e. The van der Waals surface area contributed by atoms with Gasteiger partial charge in [0.15, 0.2) is 0 Å². The van der Waals surface area contributed by atoms with E-state index < -0.39 is 0 Å². The third-order valence-electron chi connectivity index (χ3n) is 3.94. The van der Waals surface area contributed by atoms with E-state index in [-0.39, 0.29) is 11.2 Å². The summed E-state index contributed by atoms with van der Waals surface area (Å²) < 4.78 is 2.97. The molecule has 0 aliphatic carbocycles. The average molecular weight is 347 g/mol. The fourth-order valence-electron chi connectivity index (χ4n) is 2.84. The van der Waals surface area contributed by atoms with Gasteiger partial charge in [0.2, 0.25) is 0 Å². The van der Waals surface area contributed by atoms with Gasteiger partial charge in [-0.05, 0) is 31.0 Å². The van der Waals surface area contributed by atoms with Gasteiger partial charge in [-0.15, -0.1) is 0 Å². The minimum atomic E-state index is -0.280. The van der Waals surface area contributed by atoms with Gasteiger partial charge in [-0.1, -0.05) is 25.4 Å². The molecule has 0 aromatic carbocycles. The number of H-pyrrole nitrogens is 1. The van der Waals surface area contributed by atoms with E-state index in [0.29, 0.717) is 29.3 Å². The average Bonchev–Trinajstić information content (AvgIpc) is 3.01. The number of aromatic nitrogens is 4. The van der Waals surface area contributed by atoms with Crippen LogP contribution < -0.4 is 11.2 Å². The van der Waals surface area contributed by atoms with Gasteiger partial charge < -0.3 is 4.98 Å². The van der Waals surface area contributed by atoms with Crippen molar-refractivity contribution in [3.63, 3.8) is 0 Å². The summed E-state index contributed by atoms with van der Waals surface area (Å²) in [5.41, 5.74) is 2.09. The van der Waals surface area contributed by atoms with Crippen LogP contribution in [0.1, 0.15) is 26.7 Å². The Morgan fingerprint density at radius 3 is 2.46 bits per heavy atom. The molecule has 0 amide bonds. The van der Waals surface area contributed by atoms with Crippen LogP contribution in [-0.4, -0.2) is 19.1 Å². The zero-order valence-electron chi connectivity index (χ0n) is 13.7. The van der Waals surface area contributed by atoms with Gasteiger partial charge in [-0.3, -0.25) is 13.9 Å². The highest BCUT2D eigenvalue weighted by Gasteiger charge is 2.15. The molecule has 3 heterocycles. The molecule has 6 nitrogen and oxygen atoms in total. The van der Waals surface area contributed by atoms with Crippen molar-refractivity contribution in [3.05, 3.63) is 50.4 Å². The molecule has 0 unspecified atom stereocenters. The molecule has 0 fully saturated rings. The number of nitrogens with zero attached hydrogens (tertiary/aromatic N) is 3. The summed E-state index contributed by atoms with van der Waals surface area (Å²) in [5, 5.41) is 0.406. The summed E-state index contributed by atoms with van der Waals surface area (Å²) in [6, 6.07) is 5.35. The van der Waals surface area contributed by atoms with Crippen LogP contribution in [0.3, 0.4) is 0 Å². The third kappa shape index (κ3) is 2.78. The van der Waals surface area contributed by atoms with E-state index in [4.69, 9.17) is 11.6 Å². The molecule has 7 heteroatoms. The van der Waals surface area contributed by atoms with Crippen molar-refractivity contribution in [3.8, 4) is 11.3 Å². The Balaban J connectivity index is 2.29. The number of aromatic amines is 1. The largest absolute Gasteiger partial charge is 0.349 e. The Morgan fingerprint density at radius 1 is 1.12 bits per heavy atom. The lowest BCUT2D eigenvalue weighted by Gasteiger charge is -2.10. The Labute approximate surface area is 143 Å². The molecule has 3 aromatic heterocycles. The second kappa shape index (κ2) is 6.65. The number of aryl methyl sites for hydroxylation is 1. The molecule has 0 saturated heterocycles. The maximum absolute atomic E-state index is 12.7. The number of hydrogen-bond donors (Lipinski definition) is 1. The SMILES string of the molecule is CCCn1c(=O)c2[nH]c(-c3ccc(Cl)nc3)cc2n(CCC)c1=O. The molecule has 0 aliphatic heterocycles. The second-order valence-corrected chi connectivity index (χ2v) is 6.09. The fourth-order valence-corrected chi connectivity index (χ4v) is 2.95. The Hall–Kier alpha value is -2.34. The van der Waals surface area contributed by atoms with Crippen molar-refractivity contribution in [1.29, 1.82) is 0 Å². The first-order valence-electron chi connectivity index (χ1n) is 8.05. The van der Waals surface area contributed by atoms with E-state index in [9.17, 15) is 9.59 Å². The Morgan fingerprint density at radius 2 is 1.83 bits per heavy atom. The normalized spacial score (nSPS) is 11.3. The van der Waals surface area contributed by atoms with Crippen molar-refractivity contribution in [2.75, 3.05) is 0 Å². The molecule has 126 valence electrons. The summed E-state index contributed by atoms with van der Waals surface area (Å²) in [7, 11) is 0. The summed E-state index contributed by atoms with van der Waals surface area (Å²) in [5.74, 6) is 0. The molecule has 0 spiro atoms. The molecule has 3 aromatic rings. The first kappa shape index (κ1) is 16.5. The quantitative estimate of drug-likeness (QED) is 0.722. The maximum atomic E-state index is 12.7. The number of pyridine rings is 1. The minimum absolute atomic E-state index is 0.254. The second-order valence-electron chi connectivity index (χ2n) is 5.70. The Kier molecular flexibility index (Phi) is 4.57. The lowest BCUT2D eigenvalue weighted by Crippen LogP contribution is -2.39. The number of hydrogen-bond acceptors (Lipinski definition) is 3. The topological polar surface area (TPSA) is 72.7 Å². The molecule has 1 N–H and O–H groups in total. The van der Waals surface area contributed by atoms with Crippen molar-refractivity contribution >= 4 is 22.6 Å². The van der Waals surface area contributed by atoms with Gasteiger partial charge in [-0.2, -0.15) is 0 Å². The molecule has 0 saturated carbocycles. The summed E-state index contributed by atoms with van der Waals surface area (Å²) >= 11 is 5.83. The van der Waals surface area contributed by atoms with Crippen molar-refractivity contribution < 1.29 is 0 Å².